The fraction of sp³-hybridized carbons (Fsp3) is 0.435. The van der Waals surface area contributed by atoms with Crippen molar-refractivity contribution >= 4 is 17.8 Å². The average molecular weight is 410 g/mol. The molecule has 0 unspecified atom stereocenters. The summed E-state index contributed by atoms with van der Waals surface area (Å²) in [5.41, 5.74) is 2.16. The van der Waals surface area contributed by atoms with Crippen molar-refractivity contribution in [2.24, 2.45) is 0 Å². The third kappa shape index (κ3) is 7.39. The Balaban J connectivity index is 1.35. The number of aromatic nitrogens is 1. The third-order valence-electron chi connectivity index (χ3n) is 5.18. The molecule has 1 aromatic heterocycles. The molecular formula is C23H31N5O2. The Bertz CT molecular complexity index is 804. The lowest BCUT2D eigenvalue weighted by Gasteiger charge is -2.21. The molecule has 3 amide bonds. The Hall–Kier alpha value is -3.09. The second-order valence-corrected chi connectivity index (χ2v) is 7.55. The van der Waals surface area contributed by atoms with E-state index in [1.165, 1.54) is 31.2 Å². The summed E-state index contributed by atoms with van der Waals surface area (Å²) in [5.74, 6) is 0.767. The van der Waals surface area contributed by atoms with Crippen LogP contribution in [0.3, 0.4) is 0 Å². The molecule has 1 aliphatic rings. The molecule has 0 saturated carbocycles. The summed E-state index contributed by atoms with van der Waals surface area (Å²) >= 11 is 0. The van der Waals surface area contributed by atoms with Crippen LogP contribution >= 0.6 is 0 Å². The number of hydrogen-bond acceptors (Lipinski definition) is 4. The van der Waals surface area contributed by atoms with E-state index in [1.54, 1.807) is 6.20 Å². The smallest absolute Gasteiger partial charge is 0.315 e. The molecule has 0 aliphatic carbocycles. The lowest BCUT2D eigenvalue weighted by atomic mass is 10.1. The van der Waals surface area contributed by atoms with Crippen LogP contribution in [-0.2, 0) is 17.8 Å². The van der Waals surface area contributed by atoms with Gasteiger partial charge in [0.15, 0.2) is 0 Å². The highest BCUT2D eigenvalue weighted by atomic mass is 16.2. The normalized spacial score (nSPS) is 13.9. The summed E-state index contributed by atoms with van der Waals surface area (Å²) in [6, 6.07) is 13.5. The minimum Gasteiger partial charge on any atom is -0.357 e. The van der Waals surface area contributed by atoms with Crippen LogP contribution in [0.2, 0.25) is 0 Å². The largest absolute Gasteiger partial charge is 0.357 e. The van der Waals surface area contributed by atoms with Crippen molar-refractivity contribution in [3.63, 3.8) is 0 Å². The highest BCUT2D eigenvalue weighted by Gasteiger charge is 2.12. The minimum absolute atomic E-state index is 0.0456. The van der Waals surface area contributed by atoms with E-state index >= 15 is 0 Å². The highest BCUT2D eigenvalue weighted by Crippen LogP contribution is 2.18. The number of carbonyl (C=O) groups excluding carboxylic acids is 2. The molecule has 0 spiro atoms. The summed E-state index contributed by atoms with van der Waals surface area (Å²) in [6.45, 7) is 2.96. The summed E-state index contributed by atoms with van der Waals surface area (Å²) in [7, 11) is 0. The second kappa shape index (κ2) is 11.8. The molecule has 2 aromatic rings. The number of benzene rings is 1. The maximum absolute atomic E-state index is 12.0. The molecule has 1 saturated heterocycles. The zero-order valence-electron chi connectivity index (χ0n) is 17.4. The Kier molecular flexibility index (Phi) is 8.50. The van der Waals surface area contributed by atoms with E-state index in [1.807, 2.05) is 42.5 Å². The fourth-order valence-electron chi connectivity index (χ4n) is 3.50. The van der Waals surface area contributed by atoms with Gasteiger partial charge in [0, 0.05) is 32.4 Å². The van der Waals surface area contributed by atoms with Gasteiger partial charge in [0.05, 0.1) is 6.54 Å². The van der Waals surface area contributed by atoms with Crippen LogP contribution in [0.5, 0.6) is 0 Å². The molecule has 1 aromatic carbocycles. The summed E-state index contributed by atoms with van der Waals surface area (Å²) in [6.07, 6.45) is 7.49. The lowest BCUT2D eigenvalue weighted by Crippen LogP contribution is -2.42. The molecule has 0 radical (unpaired) electrons. The van der Waals surface area contributed by atoms with Crippen LogP contribution in [0.15, 0.2) is 48.7 Å². The Morgan fingerprint density at radius 1 is 0.900 bits per heavy atom. The topological polar surface area (TPSA) is 86.4 Å². The molecule has 3 rings (SSSR count). The zero-order chi connectivity index (χ0) is 21.0. The van der Waals surface area contributed by atoms with Crippen LogP contribution < -0.4 is 20.9 Å². The van der Waals surface area contributed by atoms with Gasteiger partial charge >= 0.3 is 6.03 Å². The number of nitrogens with one attached hydrogen (secondary N) is 3. The average Bonchev–Trinajstić information content (AvgIpc) is 3.07. The van der Waals surface area contributed by atoms with Crippen molar-refractivity contribution in [2.75, 3.05) is 31.1 Å². The Morgan fingerprint density at radius 2 is 1.67 bits per heavy atom. The van der Waals surface area contributed by atoms with Crippen molar-refractivity contribution in [1.82, 2.24) is 20.9 Å². The molecule has 0 bridgehead atoms. The van der Waals surface area contributed by atoms with Gasteiger partial charge in [-0.1, -0.05) is 43.2 Å². The first-order chi connectivity index (χ1) is 14.7. The number of amides is 3. The number of rotatable bonds is 8. The quantitative estimate of drug-likeness (QED) is 0.626. The van der Waals surface area contributed by atoms with Gasteiger partial charge in [0.1, 0.15) is 5.82 Å². The number of nitrogens with zero attached hydrogens (tertiary/aromatic N) is 2. The predicted octanol–water partition coefficient (Wildman–Crippen LogP) is 2.62. The third-order valence-corrected chi connectivity index (χ3v) is 5.18. The number of urea groups is 1. The van der Waals surface area contributed by atoms with Crippen molar-refractivity contribution in [3.8, 4) is 0 Å². The summed E-state index contributed by atoms with van der Waals surface area (Å²) in [4.78, 5) is 30.7. The molecule has 1 aliphatic heterocycles. The molecule has 30 heavy (non-hydrogen) atoms. The first kappa shape index (κ1) is 21.6. The predicted molar refractivity (Wildman–Crippen MR) is 118 cm³/mol. The first-order valence-electron chi connectivity index (χ1n) is 10.7. The van der Waals surface area contributed by atoms with Gasteiger partial charge in [-0.3, -0.25) is 4.79 Å². The maximum atomic E-state index is 12.0. The molecular weight excluding hydrogens is 378 g/mol. The zero-order valence-corrected chi connectivity index (χ0v) is 17.4. The van der Waals surface area contributed by atoms with Gasteiger partial charge in [0.25, 0.3) is 0 Å². The van der Waals surface area contributed by atoms with E-state index in [9.17, 15) is 9.59 Å². The van der Waals surface area contributed by atoms with Gasteiger partial charge in [-0.15, -0.1) is 0 Å². The molecule has 1 fully saturated rings. The van der Waals surface area contributed by atoms with Crippen LogP contribution in [0.1, 0.15) is 36.8 Å². The molecule has 0 atom stereocenters. The van der Waals surface area contributed by atoms with Gasteiger partial charge in [-0.05, 0) is 42.5 Å². The van der Waals surface area contributed by atoms with Gasteiger partial charge in [-0.25, -0.2) is 9.78 Å². The first-order valence-corrected chi connectivity index (χ1v) is 10.7. The van der Waals surface area contributed by atoms with Crippen molar-refractivity contribution in [2.45, 2.75) is 38.6 Å². The number of carbonyl (C=O) groups is 2. The van der Waals surface area contributed by atoms with Crippen LogP contribution in [-0.4, -0.2) is 43.1 Å². The number of hydrogen-bond donors (Lipinski definition) is 3. The highest BCUT2D eigenvalue weighted by molar-refractivity contribution is 5.83. The SMILES string of the molecule is O=C(CNC(=O)NCc1ccnc(N2CCCCCC2)c1)NCCc1ccccc1. The van der Waals surface area contributed by atoms with Crippen molar-refractivity contribution in [3.05, 3.63) is 59.8 Å². The molecule has 7 nitrogen and oxygen atoms in total. The second-order valence-electron chi connectivity index (χ2n) is 7.55. The fourth-order valence-corrected chi connectivity index (χ4v) is 3.50. The van der Waals surface area contributed by atoms with Gasteiger partial charge in [-0.2, -0.15) is 0 Å². The maximum Gasteiger partial charge on any atom is 0.315 e. The monoisotopic (exact) mass is 409 g/mol. The summed E-state index contributed by atoms with van der Waals surface area (Å²) in [5, 5.41) is 8.22. The van der Waals surface area contributed by atoms with Crippen LogP contribution in [0, 0.1) is 0 Å². The Labute approximate surface area is 178 Å². The lowest BCUT2D eigenvalue weighted by molar-refractivity contribution is -0.120. The van der Waals surface area contributed by atoms with E-state index in [-0.39, 0.29) is 18.5 Å². The van der Waals surface area contributed by atoms with E-state index in [0.29, 0.717) is 13.1 Å². The van der Waals surface area contributed by atoms with Crippen molar-refractivity contribution in [1.29, 1.82) is 0 Å². The molecule has 160 valence electrons. The number of anilines is 1. The van der Waals surface area contributed by atoms with E-state index < -0.39 is 0 Å². The van der Waals surface area contributed by atoms with Crippen molar-refractivity contribution < 1.29 is 9.59 Å². The van der Waals surface area contributed by atoms with Gasteiger partial charge in [0.2, 0.25) is 5.91 Å². The molecule has 7 heteroatoms. The number of pyridine rings is 1. The van der Waals surface area contributed by atoms with E-state index in [2.05, 4.69) is 25.8 Å². The van der Waals surface area contributed by atoms with Crippen LogP contribution in [0.4, 0.5) is 10.6 Å². The Morgan fingerprint density at radius 3 is 2.43 bits per heavy atom. The van der Waals surface area contributed by atoms with E-state index in [4.69, 9.17) is 0 Å². The minimum atomic E-state index is -0.360. The molecule has 2 heterocycles. The van der Waals surface area contributed by atoms with Crippen LogP contribution in [0.25, 0.3) is 0 Å². The van der Waals surface area contributed by atoms with E-state index in [0.717, 1.165) is 30.9 Å². The van der Waals surface area contributed by atoms with Gasteiger partial charge < -0.3 is 20.9 Å². The molecule has 3 N–H and O–H groups in total. The summed E-state index contributed by atoms with van der Waals surface area (Å²) < 4.78 is 0. The standard InChI is InChI=1S/C23H31N5O2/c29-22(25-13-10-19-8-4-3-5-9-19)18-27-23(30)26-17-20-11-12-24-21(16-20)28-14-6-1-2-7-15-28/h3-5,8-9,11-12,16H,1-2,6-7,10,13-15,17-18H2,(H,25,29)(H2,26,27,30).